The van der Waals surface area contributed by atoms with Crippen LogP contribution in [0.3, 0.4) is 0 Å². The van der Waals surface area contributed by atoms with Gasteiger partial charge >= 0.3 is 0 Å². The Morgan fingerprint density at radius 2 is 2.00 bits per heavy atom. The van der Waals surface area contributed by atoms with Crippen LogP contribution in [-0.4, -0.2) is 22.5 Å². The highest BCUT2D eigenvalue weighted by molar-refractivity contribution is 5.94. The van der Waals surface area contributed by atoms with Gasteiger partial charge in [0.25, 0.3) is 5.56 Å². The lowest BCUT2D eigenvalue weighted by molar-refractivity contribution is -0.116. The van der Waals surface area contributed by atoms with Crippen molar-refractivity contribution in [1.82, 2.24) is 9.97 Å². The van der Waals surface area contributed by atoms with E-state index in [2.05, 4.69) is 15.3 Å². The number of fused-ring (bicyclic) bond motifs is 1. The second-order valence-electron chi connectivity index (χ2n) is 5.64. The number of aryl methyl sites for hydroxylation is 1. The van der Waals surface area contributed by atoms with Crippen LogP contribution in [0, 0.1) is 6.92 Å². The Bertz CT molecular complexity index is 781. The Labute approximate surface area is 133 Å². The molecular weight excluding hydrogens is 294 g/mol. The minimum absolute atomic E-state index is 0.133. The summed E-state index contributed by atoms with van der Waals surface area (Å²) in [4.78, 5) is 31.2. The molecule has 0 saturated heterocycles. The average Bonchev–Trinajstić information content (AvgIpc) is 2.52. The Balaban J connectivity index is 1.98. The van der Waals surface area contributed by atoms with E-state index < -0.39 is 0 Å². The van der Waals surface area contributed by atoms with E-state index in [4.69, 9.17) is 4.74 Å². The van der Waals surface area contributed by atoms with Gasteiger partial charge in [-0.3, -0.25) is 9.59 Å². The number of carbonyl (C=O) groups excluding carboxylic acids is 1. The Hall–Kier alpha value is -2.63. The highest BCUT2D eigenvalue weighted by atomic mass is 16.5. The molecule has 23 heavy (non-hydrogen) atoms. The minimum Gasteiger partial charge on any atom is -0.494 e. The number of anilines is 1. The topological polar surface area (TPSA) is 84.1 Å². The van der Waals surface area contributed by atoms with Crippen molar-refractivity contribution < 1.29 is 9.53 Å². The first-order valence-corrected chi connectivity index (χ1v) is 7.72. The molecule has 1 aromatic heterocycles. The monoisotopic (exact) mass is 313 g/mol. The van der Waals surface area contributed by atoms with Crippen LogP contribution in [0.4, 0.5) is 5.82 Å². The summed E-state index contributed by atoms with van der Waals surface area (Å²) in [5.74, 6) is 1.20. The molecule has 120 valence electrons. The van der Waals surface area contributed by atoms with Crippen molar-refractivity contribution in [2.75, 3.05) is 11.9 Å². The number of carbonyl (C=O) groups is 1. The van der Waals surface area contributed by atoms with E-state index in [1.54, 1.807) is 6.92 Å². The first kappa shape index (κ1) is 15.3. The number of ether oxygens (including phenoxy) is 1. The van der Waals surface area contributed by atoms with Gasteiger partial charge < -0.3 is 15.0 Å². The van der Waals surface area contributed by atoms with Gasteiger partial charge in [0.1, 0.15) is 17.4 Å². The van der Waals surface area contributed by atoms with Gasteiger partial charge in [-0.25, -0.2) is 4.98 Å². The SMILES string of the molecule is CCCOc1ccc(C2CC(=O)Nc3nc(C)[nH]c(=O)c32)cc1. The summed E-state index contributed by atoms with van der Waals surface area (Å²) < 4.78 is 5.57. The molecule has 1 amide bonds. The van der Waals surface area contributed by atoms with Gasteiger partial charge in [-0.2, -0.15) is 0 Å². The number of hydrogen-bond donors (Lipinski definition) is 2. The minimum atomic E-state index is -0.296. The molecule has 0 saturated carbocycles. The molecule has 1 aromatic carbocycles. The molecule has 2 heterocycles. The normalized spacial score (nSPS) is 16.6. The van der Waals surface area contributed by atoms with Crippen LogP contribution < -0.4 is 15.6 Å². The lowest BCUT2D eigenvalue weighted by Crippen LogP contribution is -2.31. The second-order valence-corrected chi connectivity index (χ2v) is 5.64. The van der Waals surface area contributed by atoms with Crippen molar-refractivity contribution in [1.29, 1.82) is 0 Å². The molecule has 6 nitrogen and oxygen atoms in total. The van der Waals surface area contributed by atoms with E-state index in [0.717, 1.165) is 17.7 Å². The number of nitrogens with zero attached hydrogens (tertiary/aromatic N) is 1. The van der Waals surface area contributed by atoms with Crippen LogP contribution in [0.15, 0.2) is 29.1 Å². The number of nitrogens with one attached hydrogen (secondary N) is 2. The van der Waals surface area contributed by atoms with Crippen LogP contribution in [0.2, 0.25) is 0 Å². The van der Waals surface area contributed by atoms with Crippen molar-refractivity contribution in [3.63, 3.8) is 0 Å². The Morgan fingerprint density at radius 1 is 1.26 bits per heavy atom. The predicted octanol–water partition coefficient (Wildman–Crippen LogP) is 2.34. The van der Waals surface area contributed by atoms with Crippen molar-refractivity contribution in [3.05, 3.63) is 51.6 Å². The third kappa shape index (κ3) is 3.11. The number of aromatic nitrogens is 2. The maximum Gasteiger partial charge on any atom is 0.256 e. The zero-order valence-corrected chi connectivity index (χ0v) is 13.2. The molecule has 2 aromatic rings. The average molecular weight is 313 g/mol. The fourth-order valence-electron chi connectivity index (χ4n) is 2.78. The summed E-state index contributed by atoms with van der Waals surface area (Å²) in [6.07, 6.45) is 1.17. The molecule has 1 atom stereocenters. The summed E-state index contributed by atoms with van der Waals surface area (Å²) >= 11 is 0. The van der Waals surface area contributed by atoms with Crippen LogP contribution >= 0.6 is 0 Å². The molecule has 1 aliphatic rings. The second kappa shape index (κ2) is 6.24. The molecule has 2 N–H and O–H groups in total. The third-order valence-electron chi connectivity index (χ3n) is 3.82. The van der Waals surface area contributed by atoms with Crippen molar-refractivity contribution >= 4 is 11.7 Å². The molecule has 6 heteroatoms. The highest BCUT2D eigenvalue weighted by Crippen LogP contribution is 2.34. The highest BCUT2D eigenvalue weighted by Gasteiger charge is 2.30. The van der Waals surface area contributed by atoms with E-state index in [-0.39, 0.29) is 23.8 Å². The van der Waals surface area contributed by atoms with E-state index in [9.17, 15) is 9.59 Å². The summed E-state index contributed by atoms with van der Waals surface area (Å²) in [5, 5.41) is 2.69. The van der Waals surface area contributed by atoms with Gasteiger partial charge in [0.05, 0.1) is 12.2 Å². The lowest BCUT2D eigenvalue weighted by atomic mass is 9.87. The largest absolute Gasteiger partial charge is 0.494 e. The molecule has 0 bridgehead atoms. The van der Waals surface area contributed by atoms with Crippen LogP contribution in [0.5, 0.6) is 5.75 Å². The fraction of sp³-hybridized carbons (Fsp3) is 0.353. The van der Waals surface area contributed by atoms with Gasteiger partial charge in [-0.15, -0.1) is 0 Å². The first-order chi connectivity index (χ1) is 11.1. The molecule has 3 rings (SSSR count). The lowest BCUT2D eigenvalue weighted by Gasteiger charge is -2.24. The molecule has 0 spiro atoms. The van der Waals surface area contributed by atoms with E-state index in [0.29, 0.717) is 23.8 Å². The van der Waals surface area contributed by atoms with Crippen molar-refractivity contribution in [2.45, 2.75) is 32.6 Å². The van der Waals surface area contributed by atoms with Gasteiger partial charge in [-0.1, -0.05) is 19.1 Å². The number of H-pyrrole nitrogens is 1. The van der Waals surface area contributed by atoms with Gasteiger partial charge in [0.2, 0.25) is 5.91 Å². The number of amides is 1. The summed E-state index contributed by atoms with van der Waals surface area (Å²) in [6, 6.07) is 7.54. The maximum atomic E-state index is 12.3. The molecule has 1 aliphatic heterocycles. The molecule has 0 fully saturated rings. The summed E-state index contributed by atoms with van der Waals surface area (Å²) in [5.41, 5.74) is 1.21. The number of rotatable bonds is 4. The van der Waals surface area contributed by atoms with E-state index in [1.807, 2.05) is 31.2 Å². The molecule has 1 unspecified atom stereocenters. The molecular formula is C17H19N3O3. The summed E-state index contributed by atoms with van der Waals surface area (Å²) in [6.45, 7) is 4.40. The van der Waals surface area contributed by atoms with Crippen LogP contribution in [-0.2, 0) is 4.79 Å². The van der Waals surface area contributed by atoms with E-state index >= 15 is 0 Å². The summed E-state index contributed by atoms with van der Waals surface area (Å²) in [7, 11) is 0. The number of aromatic amines is 1. The van der Waals surface area contributed by atoms with Gasteiger partial charge in [-0.05, 0) is 31.0 Å². The third-order valence-corrected chi connectivity index (χ3v) is 3.82. The van der Waals surface area contributed by atoms with E-state index in [1.165, 1.54) is 0 Å². The molecule has 0 radical (unpaired) electrons. The van der Waals surface area contributed by atoms with Gasteiger partial charge in [0, 0.05) is 12.3 Å². The zero-order valence-electron chi connectivity index (χ0n) is 13.2. The maximum absolute atomic E-state index is 12.3. The number of benzene rings is 1. The first-order valence-electron chi connectivity index (χ1n) is 7.72. The van der Waals surface area contributed by atoms with Gasteiger partial charge in [0.15, 0.2) is 0 Å². The molecule has 0 aliphatic carbocycles. The predicted molar refractivity (Wildman–Crippen MR) is 86.9 cm³/mol. The Morgan fingerprint density at radius 3 is 2.70 bits per heavy atom. The van der Waals surface area contributed by atoms with Crippen LogP contribution in [0.1, 0.15) is 42.6 Å². The zero-order chi connectivity index (χ0) is 16.4. The van der Waals surface area contributed by atoms with Crippen molar-refractivity contribution in [3.8, 4) is 5.75 Å². The smallest absolute Gasteiger partial charge is 0.256 e. The quantitative estimate of drug-likeness (QED) is 0.907. The number of hydrogen-bond acceptors (Lipinski definition) is 4. The Kier molecular flexibility index (Phi) is 4.14. The standard InChI is InChI=1S/C17H19N3O3/c1-3-8-23-12-6-4-11(5-7-12)13-9-14(21)20-16-15(13)17(22)19-10(2)18-16/h4-7,13H,3,8-9H2,1-2H3,(H2,18,19,20,21,22). The van der Waals surface area contributed by atoms with Crippen molar-refractivity contribution in [2.24, 2.45) is 0 Å². The van der Waals surface area contributed by atoms with Crippen LogP contribution in [0.25, 0.3) is 0 Å². The fourth-order valence-corrected chi connectivity index (χ4v) is 2.78.